The maximum Gasteiger partial charge on any atom is 0.257 e. The molecule has 0 aliphatic rings. The molecule has 0 atom stereocenters. The first kappa shape index (κ1) is 17.3. The van der Waals surface area contributed by atoms with Crippen molar-refractivity contribution in [3.63, 3.8) is 0 Å². The Kier molecular flexibility index (Phi) is 4.17. The van der Waals surface area contributed by atoms with Gasteiger partial charge in [0.25, 0.3) is 12.2 Å². The van der Waals surface area contributed by atoms with Crippen molar-refractivity contribution in [3.05, 3.63) is 48.2 Å². The fraction of sp³-hybridized carbons (Fsp3) is 0.176. The highest BCUT2D eigenvalue weighted by Crippen LogP contribution is 2.33. The molecule has 2 radical (unpaired) electrons. The zero-order valence-electron chi connectivity index (χ0n) is 14.1. The van der Waals surface area contributed by atoms with E-state index in [4.69, 9.17) is 7.85 Å². The number of hydrogen-bond donors (Lipinski definition) is 0. The SMILES string of the molecule is [B]c1cc(N(CC(F)F)c2nc3nnc(C)n3c3cccc(F)c23)ccn1. The van der Waals surface area contributed by atoms with Gasteiger partial charge in [-0.15, -0.1) is 10.2 Å². The lowest BCUT2D eigenvalue weighted by atomic mass is 10.0. The van der Waals surface area contributed by atoms with Crippen LogP contribution in [0.1, 0.15) is 5.82 Å². The van der Waals surface area contributed by atoms with Crippen LogP contribution in [0.5, 0.6) is 0 Å². The molecule has 0 bridgehead atoms. The molecule has 10 heteroatoms. The molecule has 27 heavy (non-hydrogen) atoms. The maximum atomic E-state index is 14.8. The van der Waals surface area contributed by atoms with Crippen molar-refractivity contribution in [2.24, 2.45) is 0 Å². The van der Waals surface area contributed by atoms with E-state index in [1.54, 1.807) is 17.4 Å². The highest BCUT2D eigenvalue weighted by atomic mass is 19.3. The summed E-state index contributed by atoms with van der Waals surface area (Å²) < 4.78 is 43.0. The first-order valence-electron chi connectivity index (χ1n) is 8.03. The van der Waals surface area contributed by atoms with Crippen molar-refractivity contribution >= 4 is 41.6 Å². The number of nitrogens with zero attached hydrogens (tertiary/aromatic N) is 6. The van der Waals surface area contributed by atoms with Crippen LogP contribution < -0.4 is 10.5 Å². The molecule has 134 valence electrons. The predicted octanol–water partition coefficient (Wildman–Crippen LogP) is 2.32. The van der Waals surface area contributed by atoms with Crippen LogP contribution in [0.15, 0.2) is 36.5 Å². The van der Waals surface area contributed by atoms with Gasteiger partial charge < -0.3 is 4.90 Å². The monoisotopic (exact) mass is 368 g/mol. The summed E-state index contributed by atoms with van der Waals surface area (Å²) in [7, 11) is 5.70. The van der Waals surface area contributed by atoms with Gasteiger partial charge in [0.05, 0.1) is 17.4 Å². The van der Waals surface area contributed by atoms with Gasteiger partial charge in [0.2, 0.25) is 0 Å². The average Bonchev–Trinajstić information content (AvgIpc) is 3.00. The Morgan fingerprint density at radius 1 is 1.22 bits per heavy atom. The highest BCUT2D eigenvalue weighted by Gasteiger charge is 2.23. The second-order valence-corrected chi connectivity index (χ2v) is 5.89. The third-order valence-corrected chi connectivity index (χ3v) is 4.12. The van der Waals surface area contributed by atoms with E-state index in [0.717, 1.165) is 0 Å². The Labute approximate surface area is 153 Å². The molecule has 6 nitrogen and oxygen atoms in total. The number of anilines is 2. The minimum atomic E-state index is -2.70. The third kappa shape index (κ3) is 2.96. The molecule has 3 aromatic heterocycles. The predicted molar refractivity (Wildman–Crippen MR) is 95.6 cm³/mol. The van der Waals surface area contributed by atoms with Crippen molar-refractivity contribution in [2.45, 2.75) is 13.3 Å². The summed E-state index contributed by atoms with van der Waals surface area (Å²) in [5.41, 5.74) is 0.898. The number of alkyl halides is 2. The molecule has 0 fully saturated rings. The van der Waals surface area contributed by atoms with Gasteiger partial charge in [-0.25, -0.2) is 13.2 Å². The number of hydrogen-bond acceptors (Lipinski definition) is 5. The number of pyridine rings is 1. The summed E-state index contributed by atoms with van der Waals surface area (Å²) in [5.74, 6) is 0.107. The number of aromatic nitrogens is 5. The summed E-state index contributed by atoms with van der Waals surface area (Å²) in [6, 6.07) is 7.37. The second-order valence-electron chi connectivity index (χ2n) is 5.89. The zero-order valence-corrected chi connectivity index (χ0v) is 14.1. The molecule has 0 saturated carbocycles. The molecule has 3 heterocycles. The summed E-state index contributed by atoms with van der Waals surface area (Å²) in [6.07, 6.45) is -1.31. The number of benzene rings is 1. The molecule has 0 saturated heterocycles. The highest BCUT2D eigenvalue weighted by molar-refractivity contribution is 6.30. The fourth-order valence-electron chi connectivity index (χ4n) is 3.03. The van der Waals surface area contributed by atoms with Crippen LogP contribution in [0.3, 0.4) is 0 Å². The molecule has 0 N–H and O–H groups in total. The van der Waals surface area contributed by atoms with E-state index >= 15 is 0 Å². The van der Waals surface area contributed by atoms with E-state index in [1.807, 2.05) is 0 Å². The van der Waals surface area contributed by atoms with Gasteiger partial charge in [-0.1, -0.05) is 6.07 Å². The van der Waals surface area contributed by atoms with E-state index in [9.17, 15) is 13.2 Å². The Morgan fingerprint density at radius 3 is 2.78 bits per heavy atom. The molecular formula is C17H12BF3N6. The minimum absolute atomic E-state index is 0.00824. The number of halogens is 3. The minimum Gasteiger partial charge on any atom is -0.320 e. The molecule has 0 spiro atoms. The van der Waals surface area contributed by atoms with Crippen molar-refractivity contribution in [1.29, 1.82) is 0 Å². The summed E-state index contributed by atoms with van der Waals surface area (Å²) in [4.78, 5) is 9.40. The second kappa shape index (κ2) is 6.53. The Bertz CT molecular complexity index is 1150. The molecule has 0 aliphatic heterocycles. The topological polar surface area (TPSA) is 59.2 Å². The summed E-state index contributed by atoms with van der Waals surface area (Å²) in [6.45, 7) is 0.995. The Hall–Kier alpha value is -3.17. The molecule has 0 aliphatic carbocycles. The van der Waals surface area contributed by atoms with E-state index in [2.05, 4.69) is 20.2 Å². The van der Waals surface area contributed by atoms with Crippen molar-refractivity contribution in [1.82, 2.24) is 24.6 Å². The van der Waals surface area contributed by atoms with Gasteiger partial charge in [-0.3, -0.25) is 9.38 Å². The molecule has 0 amide bonds. The molecular weight excluding hydrogens is 356 g/mol. The standard InChI is InChI=1S/C17H12BF3N6/c1-9-24-25-17-23-16(15-11(19)3-2-4-12(15)27(9)17)26(8-14(20)21)10-5-6-22-13(18)7-10/h2-7,14H,8H2,1H3. The van der Waals surface area contributed by atoms with E-state index in [0.29, 0.717) is 17.0 Å². The van der Waals surface area contributed by atoms with Crippen molar-refractivity contribution in [2.75, 3.05) is 11.4 Å². The van der Waals surface area contributed by atoms with Crippen molar-refractivity contribution in [3.8, 4) is 0 Å². The van der Waals surface area contributed by atoms with Gasteiger partial charge in [-0.05, 0) is 36.8 Å². The summed E-state index contributed by atoms with van der Waals surface area (Å²) in [5, 5.41) is 8.00. The van der Waals surface area contributed by atoms with E-state index in [-0.39, 0.29) is 22.6 Å². The Morgan fingerprint density at radius 2 is 2.04 bits per heavy atom. The number of rotatable bonds is 4. The third-order valence-electron chi connectivity index (χ3n) is 4.12. The van der Waals surface area contributed by atoms with Crippen LogP contribution in [-0.2, 0) is 0 Å². The van der Waals surface area contributed by atoms with Crippen LogP contribution in [0, 0.1) is 12.7 Å². The van der Waals surface area contributed by atoms with Gasteiger partial charge in [0.1, 0.15) is 25.3 Å². The lowest BCUT2D eigenvalue weighted by molar-refractivity contribution is 0.158. The molecule has 0 unspecified atom stereocenters. The van der Waals surface area contributed by atoms with E-state index in [1.165, 1.54) is 35.4 Å². The smallest absolute Gasteiger partial charge is 0.257 e. The summed E-state index contributed by atoms with van der Waals surface area (Å²) >= 11 is 0. The largest absolute Gasteiger partial charge is 0.320 e. The van der Waals surface area contributed by atoms with Crippen LogP contribution >= 0.6 is 0 Å². The van der Waals surface area contributed by atoms with Crippen LogP contribution in [0.2, 0.25) is 0 Å². The quantitative estimate of drug-likeness (QED) is 0.518. The lowest BCUT2D eigenvalue weighted by Crippen LogP contribution is -2.27. The molecule has 4 aromatic rings. The zero-order chi connectivity index (χ0) is 19.1. The van der Waals surface area contributed by atoms with E-state index < -0.39 is 18.8 Å². The van der Waals surface area contributed by atoms with Crippen LogP contribution in [-0.4, -0.2) is 45.4 Å². The van der Waals surface area contributed by atoms with Crippen LogP contribution in [0.4, 0.5) is 24.7 Å². The first-order valence-corrected chi connectivity index (χ1v) is 8.03. The first-order chi connectivity index (χ1) is 13.0. The molecule has 1 aromatic carbocycles. The fourth-order valence-corrected chi connectivity index (χ4v) is 3.03. The number of aryl methyl sites for hydroxylation is 1. The van der Waals surface area contributed by atoms with Gasteiger partial charge >= 0.3 is 0 Å². The Balaban J connectivity index is 2.07. The van der Waals surface area contributed by atoms with Crippen LogP contribution in [0.25, 0.3) is 16.7 Å². The molecule has 4 rings (SSSR count). The normalized spacial score (nSPS) is 11.6. The van der Waals surface area contributed by atoms with Gasteiger partial charge in [0.15, 0.2) is 0 Å². The van der Waals surface area contributed by atoms with Crippen molar-refractivity contribution < 1.29 is 13.2 Å². The average molecular weight is 368 g/mol. The lowest BCUT2D eigenvalue weighted by Gasteiger charge is -2.25. The van der Waals surface area contributed by atoms with Gasteiger partial charge in [-0.2, -0.15) is 4.98 Å². The number of fused-ring (bicyclic) bond motifs is 3. The van der Waals surface area contributed by atoms with Gasteiger partial charge in [0, 0.05) is 11.9 Å². The maximum absolute atomic E-state index is 14.8.